The lowest BCUT2D eigenvalue weighted by Gasteiger charge is -2.22. The van der Waals surface area contributed by atoms with Gasteiger partial charge in [0.15, 0.2) is 9.84 Å². The summed E-state index contributed by atoms with van der Waals surface area (Å²) in [5.74, 6) is -0.0572. The van der Waals surface area contributed by atoms with Gasteiger partial charge in [-0.3, -0.25) is 0 Å². The first-order valence-corrected chi connectivity index (χ1v) is 9.19. The zero-order chi connectivity index (χ0) is 17.0. The predicted molar refractivity (Wildman–Crippen MR) is 83.0 cm³/mol. The van der Waals surface area contributed by atoms with E-state index < -0.39 is 16.3 Å². The normalized spacial score (nSPS) is 21.0. The number of rotatable bonds is 3. The van der Waals surface area contributed by atoms with Gasteiger partial charge in [0.25, 0.3) is 6.43 Å². The Morgan fingerprint density at radius 1 is 1.35 bits per heavy atom. The van der Waals surface area contributed by atoms with E-state index in [1.54, 1.807) is 6.92 Å². The lowest BCUT2D eigenvalue weighted by atomic mass is 10.1. The van der Waals surface area contributed by atoms with Gasteiger partial charge in [0.1, 0.15) is 0 Å². The van der Waals surface area contributed by atoms with Crippen LogP contribution in [0.2, 0.25) is 0 Å². The molecule has 0 radical (unpaired) electrons. The Balaban J connectivity index is 1.91. The molecule has 5 nitrogen and oxygen atoms in total. The van der Waals surface area contributed by atoms with Crippen molar-refractivity contribution < 1.29 is 22.0 Å². The molecule has 1 aromatic rings. The van der Waals surface area contributed by atoms with Crippen molar-refractivity contribution in [1.82, 2.24) is 10.2 Å². The molecule has 0 bridgehead atoms. The summed E-state index contributed by atoms with van der Waals surface area (Å²) in [5.41, 5.74) is 0.643. The minimum Gasteiger partial charge on any atom is -0.334 e. The maximum atomic E-state index is 12.5. The van der Waals surface area contributed by atoms with Crippen LogP contribution < -0.4 is 5.32 Å². The van der Waals surface area contributed by atoms with Gasteiger partial charge in [-0.1, -0.05) is 31.2 Å². The molecule has 1 heterocycles. The van der Waals surface area contributed by atoms with Crippen molar-refractivity contribution in [2.75, 3.05) is 24.6 Å². The minimum atomic E-state index is -3.11. The molecule has 2 amide bonds. The molecule has 1 atom stereocenters. The van der Waals surface area contributed by atoms with Crippen LogP contribution in [-0.2, 0) is 16.4 Å². The lowest BCUT2D eigenvalue weighted by Crippen LogP contribution is -2.42. The van der Waals surface area contributed by atoms with E-state index in [-0.39, 0.29) is 42.1 Å². The fourth-order valence-corrected chi connectivity index (χ4v) is 4.18. The number of urea groups is 1. The second-order valence-corrected chi connectivity index (χ2v) is 8.10. The Morgan fingerprint density at radius 2 is 2.00 bits per heavy atom. The SMILES string of the molecule is C[C@@H]1CN(C(=O)NCc2ccc(C(F)F)cc2)CCS(=O)(=O)C1. The third-order valence-corrected chi connectivity index (χ3v) is 5.59. The van der Waals surface area contributed by atoms with Crippen LogP contribution in [0.4, 0.5) is 13.6 Å². The summed E-state index contributed by atoms with van der Waals surface area (Å²) in [7, 11) is -3.11. The number of benzene rings is 1. The van der Waals surface area contributed by atoms with Crippen molar-refractivity contribution in [3.05, 3.63) is 35.4 Å². The molecule has 0 unspecified atom stereocenters. The molecule has 1 N–H and O–H groups in total. The van der Waals surface area contributed by atoms with E-state index in [4.69, 9.17) is 0 Å². The number of hydrogen-bond donors (Lipinski definition) is 1. The minimum absolute atomic E-state index is 0.0339. The van der Waals surface area contributed by atoms with Gasteiger partial charge < -0.3 is 10.2 Å². The fourth-order valence-electron chi connectivity index (χ4n) is 2.54. The van der Waals surface area contributed by atoms with Crippen LogP contribution in [0.25, 0.3) is 0 Å². The number of carbonyl (C=O) groups is 1. The third kappa shape index (κ3) is 5.16. The van der Waals surface area contributed by atoms with Gasteiger partial charge in [0.05, 0.1) is 11.5 Å². The number of sulfone groups is 1. The summed E-state index contributed by atoms with van der Waals surface area (Å²) in [5, 5.41) is 2.70. The highest BCUT2D eigenvalue weighted by Gasteiger charge is 2.26. The van der Waals surface area contributed by atoms with E-state index in [2.05, 4.69) is 5.32 Å². The maximum Gasteiger partial charge on any atom is 0.317 e. The van der Waals surface area contributed by atoms with Crippen LogP contribution in [0.3, 0.4) is 0 Å². The molecule has 23 heavy (non-hydrogen) atoms. The Morgan fingerprint density at radius 3 is 2.61 bits per heavy atom. The number of nitrogens with zero attached hydrogens (tertiary/aromatic N) is 1. The Hall–Kier alpha value is -1.70. The Labute approximate surface area is 134 Å². The second kappa shape index (κ2) is 7.25. The van der Waals surface area contributed by atoms with Crippen LogP contribution in [0, 0.1) is 5.92 Å². The summed E-state index contributed by atoms with van der Waals surface area (Å²) in [6, 6.07) is 5.39. The average Bonchev–Trinajstić information content (AvgIpc) is 2.62. The zero-order valence-corrected chi connectivity index (χ0v) is 13.7. The fraction of sp³-hybridized carbons (Fsp3) is 0.533. The number of nitrogens with one attached hydrogen (secondary N) is 1. The van der Waals surface area contributed by atoms with Gasteiger partial charge in [-0.15, -0.1) is 0 Å². The first-order valence-electron chi connectivity index (χ1n) is 7.37. The quantitative estimate of drug-likeness (QED) is 0.912. The molecule has 8 heteroatoms. The van der Waals surface area contributed by atoms with Crippen molar-refractivity contribution in [2.24, 2.45) is 5.92 Å². The van der Waals surface area contributed by atoms with E-state index in [0.717, 1.165) is 0 Å². The molecule has 1 aliphatic heterocycles. The zero-order valence-electron chi connectivity index (χ0n) is 12.8. The van der Waals surface area contributed by atoms with Crippen LogP contribution >= 0.6 is 0 Å². The van der Waals surface area contributed by atoms with Gasteiger partial charge in [0, 0.05) is 25.2 Å². The van der Waals surface area contributed by atoms with E-state index in [1.165, 1.54) is 29.2 Å². The van der Waals surface area contributed by atoms with Crippen molar-refractivity contribution in [3.8, 4) is 0 Å². The van der Waals surface area contributed by atoms with Gasteiger partial charge in [-0.2, -0.15) is 0 Å². The summed E-state index contributed by atoms with van der Waals surface area (Å²) >= 11 is 0. The molecule has 1 aromatic carbocycles. The van der Waals surface area contributed by atoms with E-state index in [0.29, 0.717) is 12.1 Å². The molecule has 0 aromatic heterocycles. The molecule has 128 valence electrons. The molecule has 0 aliphatic carbocycles. The molecule has 1 saturated heterocycles. The van der Waals surface area contributed by atoms with Crippen molar-refractivity contribution in [1.29, 1.82) is 0 Å². The van der Waals surface area contributed by atoms with Crippen molar-refractivity contribution in [3.63, 3.8) is 0 Å². The van der Waals surface area contributed by atoms with Gasteiger partial charge in [-0.25, -0.2) is 22.0 Å². The molecule has 2 rings (SSSR count). The highest BCUT2D eigenvalue weighted by Crippen LogP contribution is 2.18. The summed E-state index contributed by atoms with van der Waals surface area (Å²) < 4.78 is 48.3. The van der Waals surface area contributed by atoms with Gasteiger partial charge in [-0.05, 0) is 11.5 Å². The summed E-state index contributed by atoms with van der Waals surface area (Å²) in [4.78, 5) is 13.6. The first kappa shape index (κ1) is 17.7. The van der Waals surface area contributed by atoms with Gasteiger partial charge in [0.2, 0.25) is 0 Å². The Kier molecular flexibility index (Phi) is 5.56. The highest BCUT2D eigenvalue weighted by atomic mass is 32.2. The number of hydrogen-bond acceptors (Lipinski definition) is 3. The molecule has 1 aliphatic rings. The average molecular weight is 346 g/mol. The molecular weight excluding hydrogens is 326 g/mol. The number of carbonyl (C=O) groups excluding carboxylic acids is 1. The highest BCUT2D eigenvalue weighted by molar-refractivity contribution is 7.91. The monoisotopic (exact) mass is 346 g/mol. The van der Waals surface area contributed by atoms with E-state index in [9.17, 15) is 22.0 Å². The van der Waals surface area contributed by atoms with Crippen LogP contribution in [0.1, 0.15) is 24.5 Å². The second-order valence-electron chi connectivity index (χ2n) is 5.87. The van der Waals surface area contributed by atoms with Crippen LogP contribution in [0.15, 0.2) is 24.3 Å². The standard InChI is InChI=1S/C15H20F2N2O3S/c1-11-9-19(6-7-23(21,22)10-11)15(20)18-8-12-2-4-13(5-3-12)14(16)17/h2-5,11,14H,6-10H2,1H3,(H,18,20)/t11-/m1/s1. The molecular formula is C15H20F2N2O3S. The first-order chi connectivity index (χ1) is 10.8. The maximum absolute atomic E-state index is 12.5. The van der Waals surface area contributed by atoms with Crippen molar-refractivity contribution >= 4 is 15.9 Å². The van der Waals surface area contributed by atoms with Crippen LogP contribution in [-0.4, -0.2) is 43.9 Å². The van der Waals surface area contributed by atoms with Gasteiger partial charge >= 0.3 is 6.03 Å². The number of amides is 2. The van der Waals surface area contributed by atoms with Crippen molar-refractivity contribution in [2.45, 2.75) is 19.9 Å². The Bertz CT molecular complexity index is 647. The topological polar surface area (TPSA) is 66.5 Å². The number of alkyl halides is 2. The lowest BCUT2D eigenvalue weighted by molar-refractivity contribution is 0.151. The molecule has 0 saturated carbocycles. The third-order valence-electron chi connectivity index (χ3n) is 3.71. The summed E-state index contributed by atoms with van der Waals surface area (Å²) in [6.45, 7) is 2.56. The largest absolute Gasteiger partial charge is 0.334 e. The summed E-state index contributed by atoms with van der Waals surface area (Å²) in [6.07, 6.45) is -2.51. The van der Waals surface area contributed by atoms with Crippen LogP contribution in [0.5, 0.6) is 0 Å². The molecule has 0 spiro atoms. The van der Waals surface area contributed by atoms with E-state index >= 15 is 0 Å². The molecule has 1 fully saturated rings. The predicted octanol–water partition coefficient (Wildman–Crippen LogP) is 2.20. The van der Waals surface area contributed by atoms with E-state index in [1.807, 2.05) is 0 Å². The smallest absolute Gasteiger partial charge is 0.317 e. The number of halogens is 2.